The van der Waals surface area contributed by atoms with Gasteiger partial charge in [-0.15, -0.1) is 0 Å². The van der Waals surface area contributed by atoms with Crippen LogP contribution in [-0.4, -0.2) is 11.1 Å². The second-order valence-corrected chi connectivity index (χ2v) is 3.45. The van der Waals surface area contributed by atoms with Crippen molar-refractivity contribution in [2.24, 2.45) is 5.92 Å². The summed E-state index contributed by atoms with van der Waals surface area (Å²) in [6, 6.07) is 0. The fraction of sp³-hybridized carbons (Fsp3) is 0.727. The van der Waals surface area contributed by atoms with Gasteiger partial charge in [0.2, 0.25) is 0 Å². The largest absolute Gasteiger partial charge is 0.478 e. The van der Waals surface area contributed by atoms with Gasteiger partial charge in [0.15, 0.2) is 0 Å². The van der Waals surface area contributed by atoms with Gasteiger partial charge in [0.05, 0.1) is 0 Å². The van der Waals surface area contributed by atoms with Crippen molar-refractivity contribution in [1.29, 1.82) is 0 Å². The van der Waals surface area contributed by atoms with Crippen LogP contribution in [0.25, 0.3) is 0 Å². The van der Waals surface area contributed by atoms with Crippen molar-refractivity contribution in [3.8, 4) is 0 Å². The van der Waals surface area contributed by atoms with Gasteiger partial charge >= 0.3 is 5.97 Å². The van der Waals surface area contributed by atoms with Gasteiger partial charge in [-0.3, -0.25) is 0 Å². The highest BCUT2D eigenvalue weighted by Gasteiger charge is 2.03. The lowest BCUT2D eigenvalue weighted by Crippen LogP contribution is -1.98. The number of hydrogen-bond donors (Lipinski definition) is 1. The van der Waals surface area contributed by atoms with Gasteiger partial charge in [0.25, 0.3) is 0 Å². The van der Waals surface area contributed by atoms with E-state index in [1.54, 1.807) is 6.92 Å². The monoisotopic (exact) mass is 184 g/mol. The molecule has 0 aliphatic carbocycles. The zero-order valence-electron chi connectivity index (χ0n) is 8.84. The standard InChI is InChI=1S/C11H20O2/c1-4-10(5-2)8-6-7-9(3)11(12)13/h7,10H,4-6,8H2,1-3H3,(H,12,13)/b9-7+. The summed E-state index contributed by atoms with van der Waals surface area (Å²) in [6.45, 7) is 6.01. The molecule has 0 rings (SSSR count). The van der Waals surface area contributed by atoms with Crippen LogP contribution < -0.4 is 0 Å². The van der Waals surface area contributed by atoms with Crippen LogP contribution in [0.5, 0.6) is 0 Å². The van der Waals surface area contributed by atoms with E-state index in [1.165, 1.54) is 12.8 Å². The Bertz CT molecular complexity index is 179. The lowest BCUT2D eigenvalue weighted by molar-refractivity contribution is -0.132. The molecule has 13 heavy (non-hydrogen) atoms. The zero-order valence-corrected chi connectivity index (χ0v) is 8.84. The normalized spacial score (nSPS) is 12.2. The highest BCUT2D eigenvalue weighted by atomic mass is 16.4. The van der Waals surface area contributed by atoms with Crippen LogP contribution in [0.2, 0.25) is 0 Å². The minimum Gasteiger partial charge on any atom is -0.478 e. The van der Waals surface area contributed by atoms with Gasteiger partial charge in [0.1, 0.15) is 0 Å². The highest BCUT2D eigenvalue weighted by molar-refractivity contribution is 5.85. The number of carboxylic acid groups (broad SMARTS) is 1. The number of carbonyl (C=O) groups is 1. The molecule has 0 heterocycles. The molecule has 0 saturated carbocycles. The van der Waals surface area contributed by atoms with Crippen molar-refractivity contribution in [3.05, 3.63) is 11.6 Å². The van der Waals surface area contributed by atoms with Crippen molar-refractivity contribution in [2.45, 2.75) is 46.5 Å². The van der Waals surface area contributed by atoms with Crippen LogP contribution in [0.1, 0.15) is 46.5 Å². The predicted octanol–water partition coefficient (Wildman–Crippen LogP) is 3.23. The third-order valence-electron chi connectivity index (χ3n) is 2.52. The second-order valence-electron chi connectivity index (χ2n) is 3.45. The fourth-order valence-electron chi connectivity index (χ4n) is 1.32. The van der Waals surface area contributed by atoms with E-state index in [4.69, 9.17) is 5.11 Å². The molecule has 0 bridgehead atoms. The van der Waals surface area contributed by atoms with E-state index in [0.29, 0.717) is 5.57 Å². The van der Waals surface area contributed by atoms with Gasteiger partial charge in [-0.05, 0) is 25.7 Å². The Morgan fingerprint density at radius 3 is 2.31 bits per heavy atom. The first-order chi connectivity index (χ1) is 6.11. The Morgan fingerprint density at radius 1 is 1.38 bits per heavy atom. The SMILES string of the molecule is CCC(CC)CC/C=C(\C)C(=O)O. The van der Waals surface area contributed by atoms with Gasteiger partial charge < -0.3 is 5.11 Å². The third kappa shape index (κ3) is 5.45. The maximum atomic E-state index is 10.4. The molecule has 0 saturated heterocycles. The molecule has 2 nitrogen and oxygen atoms in total. The molecule has 0 radical (unpaired) electrons. The molecule has 0 aromatic rings. The van der Waals surface area contributed by atoms with Crippen molar-refractivity contribution in [2.75, 3.05) is 0 Å². The summed E-state index contributed by atoms with van der Waals surface area (Å²) in [7, 11) is 0. The molecule has 0 aliphatic heterocycles. The minimum atomic E-state index is -0.801. The summed E-state index contributed by atoms with van der Waals surface area (Å²) in [5.74, 6) is -0.0533. The van der Waals surface area contributed by atoms with Gasteiger partial charge in [-0.1, -0.05) is 32.8 Å². The average molecular weight is 184 g/mol. The van der Waals surface area contributed by atoms with E-state index in [0.717, 1.165) is 18.8 Å². The average Bonchev–Trinajstić information content (AvgIpc) is 2.12. The molecule has 0 atom stereocenters. The molecule has 0 spiro atoms. The quantitative estimate of drug-likeness (QED) is 0.643. The van der Waals surface area contributed by atoms with Crippen molar-refractivity contribution >= 4 is 5.97 Å². The number of hydrogen-bond acceptors (Lipinski definition) is 1. The minimum absolute atomic E-state index is 0.464. The molecular formula is C11H20O2. The van der Waals surface area contributed by atoms with Crippen LogP contribution in [-0.2, 0) is 4.79 Å². The summed E-state index contributed by atoms with van der Waals surface area (Å²) in [4.78, 5) is 10.4. The molecule has 2 heteroatoms. The van der Waals surface area contributed by atoms with E-state index in [-0.39, 0.29) is 0 Å². The lowest BCUT2D eigenvalue weighted by atomic mass is 9.97. The number of carboxylic acids is 1. The maximum Gasteiger partial charge on any atom is 0.330 e. The van der Waals surface area contributed by atoms with Crippen molar-refractivity contribution < 1.29 is 9.90 Å². The first kappa shape index (κ1) is 12.2. The maximum absolute atomic E-state index is 10.4. The first-order valence-electron chi connectivity index (χ1n) is 5.01. The highest BCUT2D eigenvalue weighted by Crippen LogP contribution is 2.15. The summed E-state index contributed by atoms with van der Waals surface area (Å²) in [6.07, 6.45) is 6.20. The molecule has 0 aliphatic rings. The van der Waals surface area contributed by atoms with Gasteiger partial charge in [-0.25, -0.2) is 4.79 Å². The molecule has 0 amide bonds. The van der Waals surface area contributed by atoms with Gasteiger partial charge in [-0.2, -0.15) is 0 Å². The van der Waals surface area contributed by atoms with Crippen LogP contribution in [0.15, 0.2) is 11.6 Å². The molecule has 1 N–H and O–H groups in total. The molecule has 76 valence electrons. The van der Waals surface area contributed by atoms with E-state index >= 15 is 0 Å². The topological polar surface area (TPSA) is 37.3 Å². The Hall–Kier alpha value is -0.790. The third-order valence-corrected chi connectivity index (χ3v) is 2.52. The summed E-state index contributed by atoms with van der Waals surface area (Å²) in [5, 5.41) is 8.59. The predicted molar refractivity (Wildman–Crippen MR) is 54.7 cm³/mol. The number of allylic oxidation sites excluding steroid dienone is 1. The summed E-state index contributed by atoms with van der Waals surface area (Å²) < 4.78 is 0. The molecule has 0 fully saturated rings. The lowest BCUT2D eigenvalue weighted by Gasteiger charge is -2.09. The summed E-state index contributed by atoms with van der Waals surface area (Å²) >= 11 is 0. The van der Waals surface area contributed by atoms with E-state index in [9.17, 15) is 4.79 Å². The Balaban J connectivity index is 3.76. The van der Waals surface area contributed by atoms with Gasteiger partial charge in [0, 0.05) is 5.57 Å². The second kappa shape index (κ2) is 6.70. The zero-order chi connectivity index (χ0) is 10.3. The molecule has 0 unspecified atom stereocenters. The van der Waals surface area contributed by atoms with E-state index in [2.05, 4.69) is 13.8 Å². The van der Waals surface area contributed by atoms with Crippen molar-refractivity contribution in [3.63, 3.8) is 0 Å². The van der Waals surface area contributed by atoms with Crippen LogP contribution in [0, 0.1) is 5.92 Å². The first-order valence-corrected chi connectivity index (χ1v) is 5.01. The van der Waals surface area contributed by atoms with Crippen LogP contribution in [0.3, 0.4) is 0 Å². The molecule has 0 aromatic carbocycles. The van der Waals surface area contributed by atoms with Crippen LogP contribution >= 0.6 is 0 Å². The van der Waals surface area contributed by atoms with Crippen molar-refractivity contribution in [1.82, 2.24) is 0 Å². The van der Waals surface area contributed by atoms with E-state index < -0.39 is 5.97 Å². The fourth-order valence-corrected chi connectivity index (χ4v) is 1.32. The smallest absolute Gasteiger partial charge is 0.330 e. The molecule has 0 aromatic heterocycles. The number of rotatable bonds is 6. The summed E-state index contributed by atoms with van der Waals surface area (Å²) in [5.41, 5.74) is 0.464. The molecular weight excluding hydrogens is 164 g/mol. The van der Waals surface area contributed by atoms with E-state index in [1.807, 2.05) is 6.08 Å². The van der Waals surface area contributed by atoms with Crippen LogP contribution in [0.4, 0.5) is 0 Å². The Kier molecular flexibility index (Phi) is 6.29. The Morgan fingerprint density at radius 2 is 1.92 bits per heavy atom. The number of aliphatic carboxylic acids is 1. The Labute approximate surface area is 80.7 Å².